The van der Waals surface area contributed by atoms with Crippen LogP contribution in [0, 0.1) is 13.8 Å². The second-order valence-electron chi connectivity index (χ2n) is 5.83. The number of aryl methyl sites for hydroxylation is 2. The fraction of sp³-hybridized carbons (Fsp3) is 0.294. The first kappa shape index (κ1) is 12.4. The molecule has 0 amide bonds. The van der Waals surface area contributed by atoms with Crippen LogP contribution in [0.4, 0.5) is 0 Å². The molecule has 21 heavy (non-hydrogen) atoms. The molecule has 1 aliphatic carbocycles. The molecule has 0 aliphatic heterocycles. The Hall–Kier alpha value is -2.36. The van der Waals surface area contributed by atoms with Gasteiger partial charge in [0.05, 0.1) is 11.3 Å². The van der Waals surface area contributed by atoms with Gasteiger partial charge in [-0.15, -0.1) is 0 Å². The summed E-state index contributed by atoms with van der Waals surface area (Å²) in [4.78, 5) is 17.6. The number of aromatic nitrogens is 3. The summed E-state index contributed by atoms with van der Waals surface area (Å²) in [5, 5.41) is 3.20. The molecular weight excluding hydrogens is 262 g/mol. The number of hydrogen-bond acceptors (Lipinski definition) is 2. The van der Waals surface area contributed by atoms with E-state index in [2.05, 4.69) is 5.10 Å². The fourth-order valence-electron chi connectivity index (χ4n) is 3.11. The van der Waals surface area contributed by atoms with Gasteiger partial charge < -0.3 is 0 Å². The number of nitrogens with one attached hydrogen (secondary N) is 1. The quantitative estimate of drug-likeness (QED) is 0.783. The normalized spacial score (nSPS) is 14.8. The monoisotopic (exact) mass is 279 g/mol. The summed E-state index contributed by atoms with van der Waals surface area (Å²) in [5.41, 5.74) is 5.46. The van der Waals surface area contributed by atoms with Crippen LogP contribution in [0.25, 0.3) is 16.8 Å². The first-order valence-electron chi connectivity index (χ1n) is 7.34. The zero-order valence-electron chi connectivity index (χ0n) is 12.2. The molecule has 4 rings (SSSR count). The van der Waals surface area contributed by atoms with Crippen molar-refractivity contribution in [1.29, 1.82) is 0 Å². The maximum atomic E-state index is 12.9. The van der Waals surface area contributed by atoms with Crippen molar-refractivity contribution in [1.82, 2.24) is 14.6 Å². The third kappa shape index (κ3) is 1.82. The van der Waals surface area contributed by atoms with Gasteiger partial charge in [0.1, 0.15) is 0 Å². The molecule has 2 aromatic heterocycles. The maximum Gasteiger partial charge on any atom is 0.280 e. The third-order valence-electron chi connectivity index (χ3n) is 4.24. The minimum Gasteiger partial charge on any atom is -0.294 e. The van der Waals surface area contributed by atoms with E-state index in [0.717, 1.165) is 22.6 Å². The van der Waals surface area contributed by atoms with Crippen LogP contribution in [0.1, 0.15) is 35.7 Å². The summed E-state index contributed by atoms with van der Waals surface area (Å²) < 4.78 is 1.61. The minimum atomic E-state index is -0.0151. The molecule has 0 spiro atoms. The second kappa shape index (κ2) is 4.32. The van der Waals surface area contributed by atoms with Crippen molar-refractivity contribution in [3.8, 4) is 11.1 Å². The van der Waals surface area contributed by atoms with Crippen LogP contribution >= 0.6 is 0 Å². The molecule has 1 N–H and O–H groups in total. The predicted octanol–water partition coefficient (Wildman–Crippen LogP) is 3.18. The number of benzene rings is 1. The molecule has 3 aromatic rings. The lowest BCUT2D eigenvalue weighted by atomic mass is 10.1. The summed E-state index contributed by atoms with van der Waals surface area (Å²) in [7, 11) is 0. The van der Waals surface area contributed by atoms with Crippen LogP contribution in [0.3, 0.4) is 0 Å². The number of rotatable bonds is 2. The Labute approximate surface area is 122 Å². The van der Waals surface area contributed by atoms with Crippen molar-refractivity contribution in [2.45, 2.75) is 32.6 Å². The van der Waals surface area contributed by atoms with E-state index in [-0.39, 0.29) is 5.56 Å². The highest BCUT2D eigenvalue weighted by Gasteiger charge is 2.30. The van der Waals surface area contributed by atoms with Crippen molar-refractivity contribution in [2.24, 2.45) is 0 Å². The largest absolute Gasteiger partial charge is 0.294 e. The van der Waals surface area contributed by atoms with Crippen LogP contribution < -0.4 is 5.56 Å². The Morgan fingerprint density at radius 1 is 1.19 bits per heavy atom. The van der Waals surface area contributed by atoms with Crippen molar-refractivity contribution in [3.05, 3.63) is 57.6 Å². The molecule has 106 valence electrons. The summed E-state index contributed by atoms with van der Waals surface area (Å²) in [6.45, 7) is 3.95. The first-order valence-corrected chi connectivity index (χ1v) is 7.34. The van der Waals surface area contributed by atoms with E-state index in [1.54, 1.807) is 4.52 Å². The second-order valence-corrected chi connectivity index (χ2v) is 5.83. The molecule has 0 radical (unpaired) electrons. The standard InChI is InChI=1S/C17H17N3O/c1-10-15(12-6-4-3-5-7-12)17(21)20-16(18-10)14(11(2)19-20)13-8-9-13/h3-7,13,19H,8-9H2,1-2H3. The molecule has 4 nitrogen and oxygen atoms in total. The molecule has 1 aromatic carbocycles. The van der Waals surface area contributed by atoms with Crippen molar-refractivity contribution in [3.63, 3.8) is 0 Å². The highest BCUT2D eigenvalue weighted by atomic mass is 16.1. The Morgan fingerprint density at radius 2 is 1.90 bits per heavy atom. The zero-order valence-corrected chi connectivity index (χ0v) is 12.2. The van der Waals surface area contributed by atoms with Crippen LogP contribution in [0.5, 0.6) is 0 Å². The van der Waals surface area contributed by atoms with E-state index in [4.69, 9.17) is 4.98 Å². The van der Waals surface area contributed by atoms with E-state index in [1.165, 1.54) is 18.4 Å². The van der Waals surface area contributed by atoms with Gasteiger partial charge in [0.2, 0.25) is 0 Å². The molecular formula is C17H17N3O. The number of H-pyrrole nitrogens is 1. The van der Waals surface area contributed by atoms with E-state index < -0.39 is 0 Å². The Morgan fingerprint density at radius 3 is 2.57 bits per heavy atom. The van der Waals surface area contributed by atoms with E-state index in [9.17, 15) is 4.79 Å². The molecule has 1 fully saturated rings. The lowest BCUT2D eigenvalue weighted by Gasteiger charge is -2.06. The average molecular weight is 279 g/mol. The van der Waals surface area contributed by atoms with Crippen LogP contribution in [0.15, 0.2) is 35.1 Å². The lowest BCUT2D eigenvalue weighted by molar-refractivity contribution is 0.876. The molecule has 0 atom stereocenters. The summed E-state index contributed by atoms with van der Waals surface area (Å²) in [5.74, 6) is 0.570. The fourth-order valence-corrected chi connectivity index (χ4v) is 3.11. The molecule has 0 saturated heterocycles. The van der Waals surface area contributed by atoms with Crippen LogP contribution in [-0.2, 0) is 0 Å². The number of hydrogen-bond donors (Lipinski definition) is 1. The summed E-state index contributed by atoms with van der Waals surface area (Å²) >= 11 is 0. The van der Waals surface area contributed by atoms with Gasteiger partial charge in [-0.05, 0) is 38.2 Å². The third-order valence-corrected chi connectivity index (χ3v) is 4.24. The van der Waals surface area contributed by atoms with Gasteiger partial charge in [-0.1, -0.05) is 30.3 Å². The minimum absolute atomic E-state index is 0.0151. The van der Waals surface area contributed by atoms with Crippen LogP contribution in [-0.4, -0.2) is 14.6 Å². The predicted molar refractivity (Wildman–Crippen MR) is 82.7 cm³/mol. The number of aromatic amines is 1. The maximum absolute atomic E-state index is 12.9. The SMILES string of the molecule is Cc1nc2c(C3CC3)c(C)[nH]n2c(=O)c1-c1ccccc1. The van der Waals surface area contributed by atoms with Gasteiger partial charge in [0.15, 0.2) is 5.65 Å². The van der Waals surface area contributed by atoms with E-state index in [1.807, 2.05) is 44.2 Å². The number of nitrogens with zero attached hydrogens (tertiary/aromatic N) is 2. The summed E-state index contributed by atoms with van der Waals surface area (Å²) in [6.07, 6.45) is 2.40. The first-order chi connectivity index (χ1) is 10.2. The van der Waals surface area contributed by atoms with Gasteiger partial charge in [-0.25, -0.2) is 9.50 Å². The van der Waals surface area contributed by atoms with Crippen molar-refractivity contribution >= 4 is 5.65 Å². The molecule has 4 heteroatoms. The Balaban J connectivity index is 2.05. The lowest BCUT2D eigenvalue weighted by Crippen LogP contribution is -2.19. The molecule has 0 bridgehead atoms. The Bertz CT molecular complexity index is 886. The molecule has 1 aliphatic rings. The van der Waals surface area contributed by atoms with Gasteiger partial charge in [-0.2, -0.15) is 0 Å². The highest BCUT2D eigenvalue weighted by Crippen LogP contribution is 2.43. The highest BCUT2D eigenvalue weighted by molar-refractivity contribution is 5.67. The van der Waals surface area contributed by atoms with Gasteiger partial charge >= 0.3 is 0 Å². The zero-order chi connectivity index (χ0) is 14.6. The van der Waals surface area contributed by atoms with Crippen molar-refractivity contribution in [2.75, 3.05) is 0 Å². The molecule has 1 saturated carbocycles. The van der Waals surface area contributed by atoms with Crippen LogP contribution in [0.2, 0.25) is 0 Å². The van der Waals surface area contributed by atoms with Gasteiger partial charge in [-0.3, -0.25) is 9.89 Å². The topological polar surface area (TPSA) is 50.2 Å². The van der Waals surface area contributed by atoms with Gasteiger partial charge in [0.25, 0.3) is 5.56 Å². The molecule has 2 heterocycles. The Kier molecular flexibility index (Phi) is 2.55. The molecule has 0 unspecified atom stereocenters. The van der Waals surface area contributed by atoms with E-state index >= 15 is 0 Å². The van der Waals surface area contributed by atoms with Gasteiger partial charge in [0, 0.05) is 11.3 Å². The average Bonchev–Trinajstić information content (AvgIpc) is 3.24. The smallest absolute Gasteiger partial charge is 0.280 e. The van der Waals surface area contributed by atoms with Crippen molar-refractivity contribution < 1.29 is 0 Å². The summed E-state index contributed by atoms with van der Waals surface area (Å²) in [6, 6.07) is 9.74. The number of fused-ring (bicyclic) bond motifs is 1. The van der Waals surface area contributed by atoms with E-state index in [0.29, 0.717) is 11.5 Å².